The van der Waals surface area contributed by atoms with Crippen molar-refractivity contribution in [3.63, 3.8) is 0 Å². The highest BCUT2D eigenvalue weighted by Crippen LogP contribution is 2.26. The maximum atomic E-state index is 12.8. The Morgan fingerprint density at radius 2 is 2.00 bits per heavy atom. The minimum absolute atomic E-state index is 0.0470. The summed E-state index contributed by atoms with van der Waals surface area (Å²) in [5.74, 6) is 0.471. The third-order valence-corrected chi connectivity index (χ3v) is 3.54. The van der Waals surface area contributed by atoms with Crippen molar-refractivity contribution in [1.29, 1.82) is 0 Å². The number of hydrogen-bond acceptors (Lipinski definition) is 3. The fraction of sp³-hybridized carbons (Fsp3) is 0.375. The van der Waals surface area contributed by atoms with Gasteiger partial charge in [-0.1, -0.05) is 18.2 Å². The first-order chi connectivity index (χ1) is 9.47. The Balaban J connectivity index is 2.58. The molecule has 1 heterocycles. The Bertz CT molecular complexity index is 642. The van der Waals surface area contributed by atoms with E-state index in [9.17, 15) is 4.79 Å². The monoisotopic (exact) mass is 272 g/mol. The molecule has 0 amide bonds. The molecule has 4 heteroatoms. The first-order valence-electron chi connectivity index (χ1n) is 6.69. The SMILES string of the molecule is COc1cnn(C(C)C)c1C(=O)c1cccc(C)c1C. The molecule has 1 aromatic carbocycles. The topological polar surface area (TPSA) is 44.1 Å². The predicted octanol–water partition coefficient (Wildman–Crippen LogP) is 3.32. The average molecular weight is 272 g/mol. The largest absolute Gasteiger partial charge is 0.493 e. The van der Waals surface area contributed by atoms with Crippen molar-refractivity contribution in [1.82, 2.24) is 9.78 Å². The van der Waals surface area contributed by atoms with E-state index >= 15 is 0 Å². The van der Waals surface area contributed by atoms with E-state index in [0.717, 1.165) is 11.1 Å². The Morgan fingerprint density at radius 1 is 1.30 bits per heavy atom. The molecule has 0 aliphatic heterocycles. The zero-order valence-electron chi connectivity index (χ0n) is 12.6. The molecule has 20 heavy (non-hydrogen) atoms. The summed E-state index contributed by atoms with van der Waals surface area (Å²) in [6.45, 7) is 7.95. The van der Waals surface area contributed by atoms with E-state index < -0.39 is 0 Å². The van der Waals surface area contributed by atoms with Gasteiger partial charge in [0.25, 0.3) is 0 Å². The quantitative estimate of drug-likeness (QED) is 0.802. The number of carbonyl (C=O) groups is 1. The lowest BCUT2D eigenvalue weighted by molar-refractivity contribution is 0.102. The van der Waals surface area contributed by atoms with Crippen molar-refractivity contribution in [2.75, 3.05) is 7.11 Å². The van der Waals surface area contributed by atoms with Gasteiger partial charge in [0, 0.05) is 11.6 Å². The van der Waals surface area contributed by atoms with E-state index in [1.807, 2.05) is 45.9 Å². The van der Waals surface area contributed by atoms with Crippen LogP contribution in [0.25, 0.3) is 0 Å². The summed E-state index contributed by atoms with van der Waals surface area (Å²) in [6, 6.07) is 5.85. The number of carbonyl (C=O) groups excluding carboxylic acids is 1. The highest BCUT2D eigenvalue weighted by atomic mass is 16.5. The first kappa shape index (κ1) is 14.3. The maximum Gasteiger partial charge on any atom is 0.215 e. The van der Waals surface area contributed by atoms with E-state index in [2.05, 4.69) is 5.10 Å². The van der Waals surface area contributed by atoms with Gasteiger partial charge in [-0.15, -0.1) is 0 Å². The molecule has 0 aliphatic carbocycles. The van der Waals surface area contributed by atoms with Gasteiger partial charge in [-0.05, 0) is 38.8 Å². The second kappa shape index (κ2) is 5.49. The van der Waals surface area contributed by atoms with Gasteiger partial charge in [0.15, 0.2) is 11.4 Å². The van der Waals surface area contributed by atoms with E-state index in [4.69, 9.17) is 4.74 Å². The van der Waals surface area contributed by atoms with Crippen molar-refractivity contribution in [2.24, 2.45) is 0 Å². The smallest absolute Gasteiger partial charge is 0.215 e. The van der Waals surface area contributed by atoms with Crippen LogP contribution >= 0.6 is 0 Å². The molecule has 0 aliphatic rings. The molecule has 0 unspecified atom stereocenters. The van der Waals surface area contributed by atoms with Crippen LogP contribution < -0.4 is 4.74 Å². The minimum atomic E-state index is -0.0470. The van der Waals surface area contributed by atoms with Gasteiger partial charge in [0.1, 0.15) is 0 Å². The van der Waals surface area contributed by atoms with Gasteiger partial charge in [-0.2, -0.15) is 5.10 Å². The number of methoxy groups -OCH3 is 1. The van der Waals surface area contributed by atoms with Crippen molar-refractivity contribution in [3.05, 3.63) is 46.8 Å². The highest BCUT2D eigenvalue weighted by molar-refractivity contribution is 6.10. The molecular weight excluding hydrogens is 252 g/mol. The molecule has 0 fully saturated rings. The van der Waals surface area contributed by atoms with Crippen LogP contribution in [0.3, 0.4) is 0 Å². The summed E-state index contributed by atoms with van der Waals surface area (Å²) in [7, 11) is 1.56. The second-order valence-corrected chi connectivity index (χ2v) is 5.18. The number of ether oxygens (including phenoxy) is 1. The van der Waals surface area contributed by atoms with E-state index in [-0.39, 0.29) is 11.8 Å². The standard InChI is InChI=1S/C16H20N2O2/c1-10(2)18-15(14(20-5)9-17-18)16(19)13-8-6-7-11(3)12(13)4/h6-10H,1-5H3. The van der Waals surface area contributed by atoms with Crippen LogP contribution in [0.15, 0.2) is 24.4 Å². The molecule has 0 N–H and O–H groups in total. The average Bonchev–Trinajstić information content (AvgIpc) is 2.85. The molecule has 4 nitrogen and oxygen atoms in total. The highest BCUT2D eigenvalue weighted by Gasteiger charge is 2.23. The number of aryl methyl sites for hydroxylation is 1. The van der Waals surface area contributed by atoms with E-state index in [0.29, 0.717) is 17.0 Å². The molecule has 0 spiro atoms. The number of ketones is 1. The van der Waals surface area contributed by atoms with Crippen LogP contribution in [0, 0.1) is 13.8 Å². The number of benzene rings is 1. The fourth-order valence-corrected chi connectivity index (χ4v) is 2.23. The van der Waals surface area contributed by atoms with Crippen LogP contribution in [-0.2, 0) is 0 Å². The number of aromatic nitrogens is 2. The van der Waals surface area contributed by atoms with Crippen molar-refractivity contribution in [3.8, 4) is 5.75 Å². The first-order valence-corrected chi connectivity index (χ1v) is 6.69. The summed E-state index contributed by atoms with van der Waals surface area (Å²) < 4.78 is 7.00. The summed E-state index contributed by atoms with van der Waals surface area (Å²) in [5.41, 5.74) is 3.31. The number of rotatable bonds is 4. The van der Waals surface area contributed by atoms with Gasteiger partial charge in [0.2, 0.25) is 5.78 Å². The lowest BCUT2D eigenvalue weighted by Crippen LogP contribution is -2.15. The van der Waals surface area contributed by atoms with Crippen LogP contribution in [0.5, 0.6) is 5.75 Å². The lowest BCUT2D eigenvalue weighted by atomic mass is 9.98. The zero-order chi connectivity index (χ0) is 14.9. The molecule has 0 saturated carbocycles. The molecule has 0 atom stereocenters. The molecule has 0 saturated heterocycles. The Labute approximate surface area is 119 Å². The lowest BCUT2D eigenvalue weighted by Gasteiger charge is -2.13. The number of nitrogens with zero attached hydrogens (tertiary/aromatic N) is 2. The fourth-order valence-electron chi connectivity index (χ4n) is 2.23. The summed E-state index contributed by atoms with van der Waals surface area (Å²) in [4.78, 5) is 12.8. The van der Waals surface area contributed by atoms with Crippen LogP contribution in [-0.4, -0.2) is 22.7 Å². The molecule has 0 bridgehead atoms. The Hall–Kier alpha value is -2.10. The van der Waals surface area contributed by atoms with Crippen LogP contribution in [0.1, 0.15) is 47.1 Å². The van der Waals surface area contributed by atoms with Gasteiger partial charge in [-0.25, -0.2) is 0 Å². The maximum absolute atomic E-state index is 12.8. The summed E-state index contributed by atoms with van der Waals surface area (Å²) >= 11 is 0. The summed E-state index contributed by atoms with van der Waals surface area (Å²) in [6.07, 6.45) is 1.60. The molecule has 2 aromatic rings. The molecule has 1 aromatic heterocycles. The van der Waals surface area contributed by atoms with Gasteiger partial charge in [-0.3, -0.25) is 9.48 Å². The van der Waals surface area contributed by atoms with Crippen LogP contribution in [0.2, 0.25) is 0 Å². The second-order valence-electron chi connectivity index (χ2n) is 5.18. The normalized spacial score (nSPS) is 10.9. The molecule has 0 radical (unpaired) electrons. The van der Waals surface area contributed by atoms with Crippen LogP contribution in [0.4, 0.5) is 0 Å². The zero-order valence-corrected chi connectivity index (χ0v) is 12.6. The molecule has 2 rings (SSSR count). The minimum Gasteiger partial charge on any atom is -0.493 e. The molecule has 106 valence electrons. The van der Waals surface area contributed by atoms with Gasteiger partial charge in [0.05, 0.1) is 13.3 Å². The predicted molar refractivity (Wildman–Crippen MR) is 78.5 cm³/mol. The number of hydrogen-bond donors (Lipinski definition) is 0. The molecular formula is C16H20N2O2. The Kier molecular flexibility index (Phi) is 3.93. The third kappa shape index (κ3) is 2.33. The van der Waals surface area contributed by atoms with Crippen molar-refractivity contribution in [2.45, 2.75) is 33.7 Å². The van der Waals surface area contributed by atoms with Crippen molar-refractivity contribution >= 4 is 5.78 Å². The summed E-state index contributed by atoms with van der Waals surface area (Å²) in [5, 5.41) is 4.26. The van der Waals surface area contributed by atoms with E-state index in [1.54, 1.807) is 18.0 Å². The Morgan fingerprint density at radius 3 is 2.60 bits per heavy atom. The van der Waals surface area contributed by atoms with Crippen molar-refractivity contribution < 1.29 is 9.53 Å². The third-order valence-electron chi connectivity index (χ3n) is 3.54. The van der Waals surface area contributed by atoms with Gasteiger partial charge >= 0.3 is 0 Å². The van der Waals surface area contributed by atoms with E-state index in [1.165, 1.54) is 0 Å². The van der Waals surface area contributed by atoms with Gasteiger partial charge < -0.3 is 4.74 Å².